The molecule has 1 amide bonds. The predicted octanol–water partition coefficient (Wildman–Crippen LogP) is 4.65. The molecule has 1 aromatic heterocycles. The van der Waals surface area contributed by atoms with Crippen LogP contribution in [0.1, 0.15) is 30.5 Å². The lowest BCUT2D eigenvalue weighted by atomic mass is 9.88. The summed E-state index contributed by atoms with van der Waals surface area (Å²) in [7, 11) is -3.30. The van der Waals surface area contributed by atoms with E-state index in [1.54, 1.807) is 37.3 Å². The minimum Gasteiger partial charge on any atom is -0.351 e. The number of nitrogens with one attached hydrogen (secondary N) is 1. The van der Waals surface area contributed by atoms with Gasteiger partial charge in [-0.15, -0.1) is 0 Å². The number of nitrogens with zero attached hydrogens (tertiary/aromatic N) is 1. The number of alkyl halides is 3. The molecule has 1 aliphatic carbocycles. The molecule has 9 heteroatoms. The number of rotatable bonds is 7. The summed E-state index contributed by atoms with van der Waals surface area (Å²) < 4.78 is 67.2. The van der Waals surface area contributed by atoms with Gasteiger partial charge in [0.25, 0.3) is 0 Å². The number of para-hydroxylation sites is 1. The first-order valence-electron chi connectivity index (χ1n) is 13.0. The Bertz CT molecular complexity index is 1810. The van der Waals surface area contributed by atoms with Crippen molar-refractivity contribution in [1.82, 2.24) is 9.88 Å². The fourth-order valence-corrected chi connectivity index (χ4v) is 6.15. The van der Waals surface area contributed by atoms with Gasteiger partial charge in [-0.3, -0.25) is 4.79 Å². The Hall–Kier alpha value is -3.85. The third-order valence-corrected chi connectivity index (χ3v) is 9.22. The lowest BCUT2D eigenvalue weighted by Crippen LogP contribution is -2.41. The summed E-state index contributed by atoms with van der Waals surface area (Å²) in [5.74, 6) is -0.847. The van der Waals surface area contributed by atoms with Crippen molar-refractivity contribution in [3.8, 4) is 0 Å². The van der Waals surface area contributed by atoms with Crippen LogP contribution in [0.15, 0.2) is 77.7 Å². The first kappa shape index (κ1) is 27.7. The monoisotopic (exact) mass is 566 g/mol. The van der Waals surface area contributed by atoms with E-state index in [0.29, 0.717) is 0 Å². The van der Waals surface area contributed by atoms with E-state index in [1.807, 2.05) is 47.9 Å². The molecule has 5 nitrogen and oxygen atoms in total. The summed E-state index contributed by atoms with van der Waals surface area (Å²) in [6, 6.07) is 19.6. The molecule has 2 atom stereocenters. The fourth-order valence-electron chi connectivity index (χ4n) is 5.27. The molecule has 1 aliphatic rings. The highest BCUT2D eigenvalue weighted by Gasteiger charge is 2.33. The van der Waals surface area contributed by atoms with Gasteiger partial charge in [-0.1, -0.05) is 74.5 Å². The van der Waals surface area contributed by atoms with Crippen LogP contribution >= 0.6 is 0 Å². The molecule has 3 aromatic carbocycles. The standard InChI is InChI=1S/C31H29F3N2O3S/c1-3-40(38,39)23-14-12-21(13-15-23)18-35-30(37)25-17-26-24-9-5-7-11-28(24)36(29(26)16-20(25)2)19-22-8-4-6-10-27(22)31(32,33)34/h4-17,20,25H,3,18-19H2,1-2H3,(H,35,37). The molecule has 1 N–H and O–H groups in total. The molecule has 5 rings (SSSR count). The Balaban J connectivity index is 1.45. The maximum atomic E-state index is 13.7. The number of carbonyl (C=O) groups excluding carboxylic acids is 1. The van der Waals surface area contributed by atoms with Crippen molar-refractivity contribution in [2.45, 2.75) is 38.0 Å². The van der Waals surface area contributed by atoms with Gasteiger partial charge in [0.1, 0.15) is 0 Å². The summed E-state index contributed by atoms with van der Waals surface area (Å²) in [4.78, 5) is 13.5. The van der Waals surface area contributed by atoms with Crippen LogP contribution in [0.25, 0.3) is 23.1 Å². The van der Waals surface area contributed by atoms with Crippen LogP contribution in [-0.4, -0.2) is 24.6 Å². The Morgan fingerprint density at radius 2 is 1.62 bits per heavy atom. The largest absolute Gasteiger partial charge is 0.416 e. The molecule has 40 heavy (non-hydrogen) atoms. The van der Waals surface area contributed by atoms with Crippen molar-refractivity contribution < 1.29 is 26.4 Å². The topological polar surface area (TPSA) is 68.2 Å². The highest BCUT2D eigenvalue weighted by molar-refractivity contribution is 7.91. The van der Waals surface area contributed by atoms with Crippen LogP contribution in [0.5, 0.6) is 0 Å². The minimum absolute atomic E-state index is 0.0161. The molecular formula is C31H29F3N2O3S. The number of fused-ring (bicyclic) bond motifs is 3. The average molecular weight is 567 g/mol. The van der Waals surface area contributed by atoms with Gasteiger partial charge in [0, 0.05) is 34.6 Å². The minimum atomic E-state index is -4.46. The maximum absolute atomic E-state index is 13.7. The third kappa shape index (κ3) is 5.30. The number of benzene rings is 3. The molecular weight excluding hydrogens is 537 g/mol. The van der Waals surface area contributed by atoms with Gasteiger partial charge in [0.05, 0.1) is 22.1 Å². The van der Waals surface area contributed by atoms with Crippen LogP contribution in [0.4, 0.5) is 13.2 Å². The van der Waals surface area contributed by atoms with E-state index >= 15 is 0 Å². The van der Waals surface area contributed by atoms with Crippen LogP contribution in [0, 0.1) is 11.8 Å². The first-order chi connectivity index (χ1) is 19.0. The quantitative estimate of drug-likeness (QED) is 0.354. The van der Waals surface area contributed by atoms with Crippen LogP contribution in [0.3, 0.4) is 0 Å². The molecule has 0 radical (unpaired) electrons. The maximum Gasteiger partial charge on any atom is 0.416 e. The van der Waals surface area contributed by atoms with Crippen LogP contribution in [-0.2, 0) is 33.9 Å². The Morgan fingerprint density at radius 1 is 0.950 bits per heavy atom. The van der Waals surface area contributed by atoms with Crippen molar-refractivity contribution in [1.29, 1.82) is 0 Å². The Morgan fingerprint density at radius 3 is 2.33 bits per heavy atom. The highest BCUT2D eigenvalue weighted by Crippen LogP contribution is 2.32. The number of hydrogen-bond acceptors (Lipinski definition) is 3. The van der Waals surface area contributed by atoms with Gasteiger partial charge in [0.2, 0.25) is 5.91 Å². The van der Waals surface area contributed by atoms with Gasteiger partial charge in [-0.2, -0.15) is 13.2 Å². The van der Waals surface area contributed by atoms with E-state index in [0.717, 1.165) is 33.1 Å². The molecule has 2 unspecified atom stereocenters. The second kappa shape index (κ2) is 10.6. The lowest BCUT2D eigenvalue weighted by molar-refractivity contribution is -0.138. The van der Waals surface area contributed by atoms with Crippen LogP contribution < -0.4 is 15.9 Å². The summed E-state index contributed by atoms with van der Waals surface area (Å²) in [5, 5.41) is 5.44. The lowest BCUT2D eigenvalue weighted by Gasteiger charge is -2.21. The number of aromatic nitrogens is 1. The van der Waals surface area contributed by atoms with Crippen molar-refractivity contribution in [3.63, 3.8) is 0 Å². The van der Waals surface area contributed by atoms with Gasteiger partial charge in [0.15, 0.2) is 9.84 Å². The van der Waals surface area contributed by atoms with E-state index in [-0.39, 0.29) is 41.1 Å². The van der Waals surface area contributed by atoms with E-state index in [2.05, 4.69) is 5.32 Å². The number of carbonyl (C=O) groups is 1. The van der Waals surface area contributed by atoms with E-state index in [9.17, 15) is 26.4 Å². The van der Waals surface area contributed by atoms with E-state index < -0.39 is 27.5 Å². The molecule has 208 valence electrons. The highest BCUT2D eigenvalue weighted by atomic mass is 32.2. The van der Waals surface area contributed by atoms with Crippen LogP contribution in [0.2, 0.25) is 0 Å². The van der Waals surface area contributed by atoms with E-state index in [4.69, 9.17) is 0 Å². The van der Waals surface area contributed by atoms with Crippen molar-refractivity contribution in [2.24, 2.45) is 11.8 Å². The molecule has 0 bridgehead atoms. The number of halogens is 3. The summed E-state index contributed by atoms with van der Waals surface area (Å²) in [6.45, 7) is 3.79. The molecule has 4 aromatic rings. The van der Waals surface area contributed by atoms with Crippen molar-refractivity contribution >= 4 is 38.8 Å². The molecule has 0 spiro atoms. The molecule has 0 fully saturated rings. The summed E-state index contributed by atoms with van der Waals surface area (Å²) in [5.41, 5.74) is 1.09. The average Bonchev–Trinajstić information content (AvgIpc) is 3.23. The zero-order chi connectivity index (χ0) is 28.7. The number of hydrogen-bond donors (Lipinski definition) is 1. The molecule has 0 saturated carbocycles. The van der Waals surface area contributed by atoms with Crippen molar-refractivity contribution in [3.05, 3.63) is 100 Å². The molecule has 1 heterocycles. The Labute approximate surface area is 230 Å². The normalized spacial score (nSPS) is 17.1. The van der Waals surface area contributed by atoms with Gasteiger partial charge in [-0.05, 0) is 41.3 Å². The fraction of sp³-hybridized carbons (Fsp3) is 0.258. The van der Waals surface area contributed by atoms with Gasteiger partial charge < -0.3 is 9.88 Å². The molecule has 0 saturated heterocycles. The van der Waals surface area contributed by atoms with Gasteiger partial charge >= 0.3 is 6.18 Å². The Kier molecular flexibility index (Phi) is 7.35. The van der Waals surface area contributed by atoms with Crippen molar-refractivity contribution in [2.75, 3.05) is 5.75 Å². The zero-order valence-electron chi connectivity index (χ0n) is 22.1. The second-order valence-electron chi connectivity index (χ2n) is 10.0. The summed E-state index contributed by atoms with van der Waals surface area (Å²) in [6.07, 6.45) is -0.600. The second-order valence-corrected chi connectivity index (χ2v) is 12.3. The molecule has 0 aliphatic heterocycles. The first-order valence-corrected chi connectivity index (χ1v) is 14.7. The SMILES string of the molecule is CCS(=O)(=O)c1ccc(CNC(=O)C2C=c3c(n(Cc4ccccc4C(F)(F)F)c4ccccc34)=CC2C)cc1. The predicted molar refractivity (Wildman–Crippen MR) is 149 cm³/mol. The number of sulfone groups is 1. The number of amides is 1. The third-order valence-electron chi connectivity index (χ3n) is 7.47. The summed E-state index contributed by atoms with van der Waals surface area (Å²) >= 11 is 0. The van der Waals surface area contributed by atoms with E-state index in [1.165, 1.54) is 12.1 Å². The smallest absolute Gasteiger partial charge is 0.351 e. The van der Waals surface area contributed by atoms with Gasteiger partial charge in [-0.25, -0.2) is 8.42 Å². The zero-order valence-corrected chi connectivity index (χ0v) is 22.9.